The van der Waals surface area contributed by atoms with E-state index in [-0.39, 0.29) is 6.61 Å². The molecule has 0 aromatic carbocycles. The van der Waals surface area contributed by atoms with Gasteiger partial charge in [0.2, 0.25) is 5.13 Å². The Morgan fingerprint density at radius 3 is 2.53 bits per heavy atom. The van der Waals surface area contributed by atoms with E-state index >= 15 is 0 Å². The van der Waals surface area contributed by atoms with E-state index in [9.17, 15) is 0 Å². The Morgan fingerprint density at radius 1 is 1.35 bits per heavy atom. The summed E-state index contributed by atoms with van der Waals surface area (Å²) < 4.78 is 0. The molecular formula is C11H22N4OS. The Hall–Kier alpha value is -0.720. The van der Waals surface area contributed by atoms with E-state index in [4.69, 9.17) is 5.11 Å². The smallest absolute Gasteiger partial charge is 0.205 e. The van der Waals surface area contributed by atoms with Crippen molar-refractivity contribution in [3.63, 3.8) is 0 Å². The largest absolute Gasteiger partial charge is 0.395 e. The van der Waals surface area contributed by atoms with Gasteiger partial charge in [-0.3, -0.25) is 4.90 Å². The van der Waals surface area contributed by atoms with Gasteiger partial charge in [0.05, 0.1) is 13.2 Å². The summed E-state index contributed by atoms with van der Waals surface area (Å²) in [4.78, 5) is 2.28. The van der Waals surface area contributed by atoms with Gasteiger partial charge in [0.1, 0.15) is 5.01 Å². The van der Waals surface area contributed by atoms with Crippen molar-refractivity contribution >= 4 is 16.5 Å². The highest BCUT2D eigenvalue weighted by molar-refractivity contribution is 7.15. The van der Waals surface area contributed by atoms with Crippen LogP contribution in [0.5, 0.6) is 0 Å². The summed E-state index contributed by atoms with van der Waals surface area (Å²) >= 11 is 1.57. The lowest BCUT2D eigenvalue weighted by molar-refractivity contribution is 0.136. The van der Waals surface area contributed by atoms with Crippen molar-refractivity contribution in [1.29, 1.82) is 0 Å². The molecule has 0 amide bonds. The maximum Gasteiger partial charge on any atom is 0.205 e. The van der Waals surface area contributed by atoms with Crippen molar-refractivity contribution in [3.8, 4) is 0 Å². The topological polar surface area (TPSA) is 61.3 Å². The average molecular weight is 258 g/mol. The summed E-state index contributed by atoms with van der Waals surface area (Å²) in [5.74, 6) is 0. The van der Waals surface area contributed by atoms with Crippen LogP contribution in [0.15, 0.2) is 0 Å². The van der Waals surface area contributed by atoms with E-state index in [1.165, 1.54) is 0 Å². The molecule has 0 saturated carbocycles. The number of rotatable bonds is 8. The standard InChI is InChI=1S/C11H22N4OS/c1-4-9(5-2)15(6-7-16)8-10-13-14-11(12-3)17-10/h9,16H,4-8H2,1-3H3,(H,12,14). The van der Waals surface area contributed by atoms with Gasteiger partial charge in [-0.05, 0) is 12.8 Å². The van der Waals surface area contributed by atoms with E-state index in [1.807, 2.05) is 7.05 Å². The maximum atomic E-state index is 9.12. The molecule has 0 aliphatic carbocycles. The van der Waals surface area contributed by atoms with Gasteiger partial charge in [0, 0.05) is 19.6 Å². The molecule has 1 heterocycles. The Balaban J connectivity index is 2.64. The molecule has 0 bridgehead atoms. The van der Waals surface area contributed by atoms with Crippen molar-refractivity contribution in [1.82, 2.24) is 15.1 Å². The fourth-order valence-electron chi connectivity index (χ4n) is 1.92. The second kappa shape index (κ2) is 7.58. The van der Waals surface area contributed by atoms with Crippen molar-refractivity contribution in [2.45, 2.75) is 39.3 Å². The van der Waals surface area contributed by atoms with Crippen LogP contribution in [0.25, 0.3) is 0 Å². The third-order valence-corrected chi connectivity index (χ3v) is 3.79. The van der Waals surface area contributed by atoms with Gasteiger partial charge in [-0.1, -0.05) is 25.2 Å². The maximum absolute atomic E-state index is 9.12. The number of anilines is 1. The van der Waals surface area contributed by atoms with Gasteiger partial charge in [-0.25, -0.2) is 0 Å². The number of hydrogen-bond donors (Lipinski definition) is 2. The highest BCUT2D eigenvalue weighted by atomic mass is 32.1. The number of aliphatic hydroxyl groups is 1. The first-order valence-corrected chi connectivity index (χ1v) is 6.91. The SMILES string of the molecule is CCC(CC)N(CCO)Cc1nnc(NC)s1. The third kappa shape index (κ3) is 4.22. The van der Waals surface area contributed by atoms with Gasteiger partial charge < -0.3 is 10.4 Å². The van der Waals surface area contributed by atoms with E-state index in [0.717, 1.165) is 29.5 Å². The van der Waals surface area contributed by atoms with Crippen LogP contribution >= 0.6 is 11.3 Å². The molecule has 0 saturated heterocycles. The molecule has 0 unspecified atom stereocenters. The monoisotopic (exact) mass is 258 g/mol. The Bertz CT molecular complexity index is 314. The van der Waals surface area contributed by atoms with Crippen LogP contribution < -0.4 is 5.32 Å². The molecule has 0 aliphatic heterocycles. The van der Waals surface area contributed by atoms with Crippen molar-refractivity contribution < 1.29 is 5.11 Å². The molecule has 17 heavy (non-hydrogen) atoms. The summed E-state index contributed by atoms with van der Waals surface area (Å²) in [6.07, 6.45) is 2.18. The molecular weight excluding hydrogens is 236 g/mol. The van der Waals surface area contributed by atoms with Gasteiger partial charge in [0.25, 0.3) is 0 Å². The summed E-state index contributed by atoms with van der Waals surface area (Å²) in [5.41, 5.74) is 0. The van der Waals surface area contributed by atoms with Crippen molar-refractivity contribution in [2.75, 3.05) is 25.5 Å². The van der Waals surface area contributed by atoms with Crippen LogP contribution in [-0.4, -0.2) is 46.4 Å². The predicted molar refractivity (Wildman–Crippen MR) is 71.3 cm³/mol. The fraction of sp³-hybridized carbons (Fsp3) is 0.818. The molecule has 0 radical (unpaired) electrons. The second-order valence-corrected chi connectivity index (χ2v) is 4.98. The highest BCUT2D eigenvalue weighted by Crippen LogP contribution is 2.18. The summed E-state index contributed by atoms with van der Waals surface area (Å²) in [5, 5.41) is 22.1. The van der Waals surface area contributed by atoms with Crippen LogP contribution in [0.1, 0.15) is 31.7 Å². The zero-order valence-electron chi connectivity index (χ0n) is 10.8. The van der Waals surface area contributed by atoms with Crippen LogP contribution in [0.3, 0.4) is 0 Å². The molecule has 0 spiro atoms. The van der Waals surface area contributed by atoms with Gasteiger partial charge in [-0.2, -0.15) is 0 Å². The first-order valence-electron chi connectivity index (χ1n) is 6.10. The van der Waals surface area contributed by atoms with Crippen LogP contribution in [0.2, 0.25) is 0 Å². The van der Waals surface area contributed by atoms with Crippen LogP contribution in [0.4, 0.5) is 5.13 Å². The molecule has 1 aromatic heterocycles. The first kappa shape index (κ1) is 14.3. The molecule has 6 heteroatoms. The lowest BCUT2D eigenvalue weighted by Gasteiger charge is -2.28. The fourth-order valence-corrected chi connectivity index (χ4v) is 2.64. The van der Waals surface area contributed by atoms with E-state index in [2.05, 4.69) is 34.3 Å². The molecule has 98 valence electrons. The number of nitrogens with zero attached hydrogens (tertiary/aromatic N) is 3. The second-order valence-electron chi connectivity index (χ2n) is 3.92. The van der Waals surface area contributed by atoms with Gasteiger partial charge >= 0.3 is 0 Å². The Morgan fingerprint density at radius 2 is 2.06 bits per heavy atom. The van der Waals surface area contributed by atoms with E-state index in [1.54, 1.807) is 11.3 Å². The Kier molecular flexibility index (Phi) is 6.39. The number of hydrogen-bond acceptors (Lipinski definition) is 6. The number of nitrogens with one attached hydrogen (secondary N) is 1. The van der Waals surface area contributed by atoms with E-state index < -0.39 is 0 Å². The highest BCUT2D eigenvalue weighted by Gasteiger charge is 2.16. The van der Waals surface area contributed by atoms with Crippen LogP contribution in [0, 0.1) is 0 Å². The lowest BCUT2D eigenvalue weighted by atomic mass is 10.1. The average Bonchev–Trinajstić information content (AvgIpc) is 2.78. The minimum Gasteiger partial charge on any atom is -0.395 e. The number of aromatic nitrogens is 2. The zero-order valence-corrected chi connectivity index (χ0v) is 11.6. The lowest BCUT2D eigenvalue weighted by Crippen LogP contribution is -2.36. The quantitative estimate of drug-likeness (QED) is 0.741. The molecule has 0 aliphatic rings. The normalized spacial score (nSPS) is 11.4. The van der Waals surface area contributed by atoms with Crippen molar-refractivity contribution in [3.05, 3.63) is 5.01 Å². The van der Waals surface area contributed by atoms with Gasteiger partial charge in [-0.15, -0.1) is 10.2 Å². The predicted octanol–water partition coefficient (Wildman–Crippen LogP) is 1.56. The molecule has 1 aromatic rings. The minimum absolute atomic E-state index is 0.189. The molecule has 5 nitrogen and oxygen atoms in total. The summed E-state index contributed by atoms with van der Waals surface area (Å²) in [7, 11) is 1.84. The van der Waals surface area contributed by atoms with Gasteiger partial charge in [0.15, 0.2) is 0 Å². The molecule has 1 rings (SSSR count). The third-order valence-electron chi connectivity index (χ3n) is 2.87. The van der Waals surface area contributed by atoms with E-state index in [0.29, 0.717) is 12.6 Å². The minimum atomic E-state index is 0.189. The number of aliphatic hydroxyl groups excluding tert-OH is 1. The van der Waals surface area contributed by atoms with Crippen molar-refractivity contribution in [2.24, 2.45) is 0 Å². The Labute approximate surface area is 107 Å². The zero-order chi connectivity index (χ0) is 12.7. The first-order chi connectivity index (χ1) is 8.24. The van der Waals surface area contributed by atoms with Crippen LogP contribution in [-0.2, 0) is 6.54 Å². The summed E-state index contributed by atoms with van der Waals surface area (Å²) in [6, 6.07) is 0.504. The molecule has 0 atom stereocenters. The molecule has 2 N–H and O–H groups in total. The summed E-state index contributed by atoms with van der Waals surface area (Å²) in [6.45, 7) is 6.01. The molecule has 0 fully saturated rings.